The first-order valence-corrected chi connectivity index (χ1v) is 9.31. The molecular formula is C17H17BrClNOS. The van der Waals surface area contributed by atoms with Gasteiger partial charge in [-0.3, -0.25) is 4.79 Å². The van der Waals surface area contributed by atoms with Crippen LogP contribution >= 0.6 is 38.9 Å². The highest BCUT2D eigenvalue weighted by Gasteiger charge is 2.46. The summed E-state index contributed by atoms with van der Waals surface area (Å²) in [6, 6.07) is 9.81. The van der Waals surface area contributed by atoms with Crippen LogP contribution in [0.1, 0.15) is 29.7 Å². The van der Waals surface area contributed by atoms with Gasteiger partial charge in [-0.25, -0.2) is 0 Å². The third kappa shape index (κ3) is 2.97. The summed E-state index contributed by atoms with van der Waals surface area (Å²) in [6.45, 7) is 0.657. The first-order valence-electron chi connectivity index (χ1n) is 7.26. The monoisotopic (exact) mass is 397 g/mol. The van der Waals surface area contributed by atoms with Gasteiger partial charge in [-0.15, -0.1) is 11.3 Å². The molecule has 1 aliphatic carbocycles. The molecule has 0 spiro atoms. The molecule has 1 aromatic carbocycles. The third-order valence-corrected chi connectivity index (χ3v) is 6.31. The number of halogens is 2. The molecule has 0 aliphatic heterocycles. The fraction of sp³-hybridized carbons (Fsp3) is 0.353. The lowest BCUT2D eigenvalue weighted by molar-refractivity contribution is -0.140. The summed E-state index contributed by atoms with van der Waals surface area (Å²) in [5.41, 5.74) is 0.737. The Morgan fingerprint density at radius 1 is 1.36 bits per heavy atom. The Balaban J connectivity index is 1.80. The zero-order chi connectivity index (χ0) is 15.7. The Kier molecular flexibility index (Phi) is 4.62. The molecule has 22 heavy (non-hydrogen) atoms. The molecule has 116 valence electrons. The summed E-state index contributed by atoms with van der Waals surface area (Å²) >= 11 is 11.1. The Labute approximate surface area is 148 Å². The molecular weight excluding hydrogens is 382 g/mol. The van der Waals surface area contributed by atoms with Crippen LogP contribution in [0.25, 0.3) is 0 Å². The summed E-state index contributed by atoms with van der Waals surface area (Å²) in [6.07, 6.45) is 2.95. The Bertz CT molecular complexity index is 678. The molecule has 0 unspecified atom stereocenters. The maximum Gasteiger partial charge on any atom is 0.233 e. The Morgan fingerprint density at radius 2 is 2.05 bits per heavy atom. The maximum absolute atomic E-state index is 13.0. The molecule has 2 aromatic rings. The van der Waals surface area contributed by atoms with Crippen molar-refractivity contribution in [1.29, 1.82) is 0 Å². The second-order valence-corrected chi connectivity index (χ2v) is 8.18. The average molecular weight is 399 g/mol. The molecule has 0 saturated heterocycles. The average Bonchev–Trinajstić information content (AvgIpc) is 2.84. The van der Waals surface area contributed by atoms with Crippen molar-refractivity contribution in [3.8, 4) is 0 Å². The minimum Gasteiger partial charge on any atom is -0.340 e. The first kappa shape index (κ1) is 16.0. The lowest BCUT2D eigenvalue weighted by Gasteiger charge is -2.43. The number of amides is 1. The van der Waals surface area contributed by atoms with Gasteiger partial charge in [0, 0.05) is 26.8 Å². The Hall–Kier alpha value is -0.840. The molecule has 1 fully saturated rings. The van der Waals surface area contributed by atoms with Crippen molar-refractivity contribution in [2.24, 2.45) is 0 Å². The van der Waals surface area contributed by atoms with Gasteiger partial charge in [0.25, 0.3) is 0 Å². The standard InChI is InChI=1S/C17H17BrClNOS/c1-20(10-15-9-13(18)11-22-15)16(21)17(7-2-8-17)12-3-5-14(19)6-4-12/h3-6,9,11H,2,7-8,10H2,1H3. The van der Waals surface area contributed by atoms with Crippen molar-refractivity contribution in [2.45, 2.75) is 31.2 Å². The van der Waals surface area contributed by atoms with Gasteiger partial charge < -0.3 is 4.90 Å². The Morgan fingerprint density at radius 3 is 2.55 bits per heavy atom. The fourth-order valence-corrected chi connectivity index (χ4v) is 4.66. The van der Waals surface area contributed by atoms with E-state index in [1.54, 1.807) is 11.3 Å². The van der Waals surface area contributed by atoms with E-state index in [4.69, 9.17) is 11.6 Å². The molecule has 1 aliphatic rings. The van der Waals surface area contributed by atoms with Gasteiger partial charge in [0.2, 0.25) is 5.91 Å². The van der Waals surface area contributed by atoms with Gasteiger partial charge in [-0.05, 0) is 52.5 Å². The van der Waals surface area contributed by atoms with E-state index in [9.17, 15) is 4.79 Å². The molecule has 1 heterocycles. The SMILES string of the molecule is CN(Cc1cc(Br)cs1)C(=O)C1(c2ccc(Cl)cc2)CCC1. The van der Waals surface area contributed by atoms with E-state index in [1.165, 1.54) is 4.88 Å². The van der Waals surface area contributed by atoms with Crippen LogP contribution in [0.5, 0.6) is 0 Å². The van der Waals surface area contributed by atoms with Crippen LogP contribution < -0.4 is 0 Å². The lowest BCUT2D eigenvalue weighted by Crippen LogP contribution is -2.49. The van der Waals surface area contributed by atoms with Crippen LogP contribution in [0.2, 0.25) is 5.02 Å². The van der Waals surface area contributed by atoms with Gasteiger partial charge in [0.05, 0.1) is 12.0 Å². The lowest BCUT2D eigenvalue weighted by atomic mass is 9.63. The molecule has 1 saturated carbocycles. The van der Waals surface area contributed by atoms with Gasteiger partial charge in [0.15, 0.2) is 0 Å². The number of hydrogen-bond donors (Lipinski definition) is 0. The van der Waals surface area contributed by atoms with Crippen molar-refractivity contribution in [2.75, 3.05) is 7.05 Å². The first-order chi connectivity index (χ1) is 10.5. The van der Waals surface area contributed by atoms with E-state index in [-0.39, 0.29) is 11.3 Å². The van der Waals surface area contributed by atoms with Crippen molar-refractivity contribution < 1.29 is 4.79 Å². The largest absolute Gasteiger partial charge is 0.340 e. The number of carbonyl (C=O) groups is 1. The van der Waals surface area contributed by atoms with E-state index in [0.29, 0.717) is 11.6 Å². The van der Waals surface area contributed by atoms with E-state index < -0.39 is 0 Å². The second kappa shape index (κ2) is 6.34. The summed E-state index contributed by atoms with van der Waals surface area (Å²) in [5.74, 6) is 0.214. The van der Waals surface area contributed by atoms with Gasteiger partial charge in [-0.1, -0.05) is 30.2 Å². The summed E-state index contributed by atoms with van der Waals surface area (Å²) in [4.78, 5) is 16.1. The van der Waals surface area contributed by atoms with Crippen LogP contribution in [0, 0.1) is 0 Å². The van der Waals surface area contributed by atoms with Crippen molar-refractivity contribution in [1.82, 2.24) is 4.90 Å². The minimum absolute atomic E-state index is 0.214. The number of thiophene rings is 1. The minimum atomic E-state index is -0.353. The quantitative estimate of drug-likeness (QED) is 0.689. The fourth-order valence-electron chi connectivity index (χ4n) is 3.03. The predicted molar refractivity (Wildman–Crippen MR) is 95.5 cm³/mol. The molecule has 0 radical (unpaired) electrons. The summed E-state index contributed by atoms with van der Waals surface area (Å²) in [7, 11) is 1.89. The van der Waals surface area contributed by atoms with Crippen LogP contribution in [-0.4, -0.2) is 17.9 Å². The summed E-state index contributed by atoms with van der Waals surface area (Å²) in [5, 5.41) is 2.76. The predicted octanol–water partition coefficient (Wildman–Crippen LogP) is 5.24. The number of benzene rings is 1. The normalized spacial score (nSPS) is 16.1. The topological polar surface area (TPSA) is 20.3 Å². The number of likely N-dealkylation sites (N-methyl/N-ethyl adjacent to an activating group) is 1. The van der Waals surface area contributed by atoms with Crippen molar-refractivity contribution >= 4 is 44.8 Å². The molecule has 1 amide bonds. The zero-order valence-electron chi connectivity index (χ0n) is 12.3. The maximum atomic E-state index is 13.0. The number of carbonyl (C=O) groups excluding carboxylic acids is 1. The number of nitrogens with zero attached hydrogens (tertiary/aromatic N) is 1. The molecule has 2 nitrogen and oxygen atoms in total. The van der Waals surface area contributed by atoms with E-state index in [2.05, 4.69) is 22.0 Å². The highest BCUT2D eigenvalue weighted by molar-refractivity contribution is 9.10. The van der Waals surface area contributed by atoms with Gasteiger partial charge in [-0.2, -0.15) is 0 Å². The van der Waals surface area contributed by atoms with Gasteiger partial charge >= 0.3 is 0 Å². The smallest absolute Gasteiger partial charge is 0.233 e. The molecule has 0 bridgehead atoms. The van der Waals surface area contributed by atoms with E-state index in [1.807, 2.05) is 41.6 Å². The summed E-state index contributed by atoms with van der Waals surface area (Å²) < 4.78 is 1.07. The highest BCUT2D eigenvalue weighted by atomic mass is 79.9. The zero-order valence-corrected chi connectivity index (χ0v) is 15.5. The molecule has 0 atom stereocenters. The molecule has 0 N–H and O–H groups in total. The van der Waals surface area contributed by atoms with Crippen LogP contribution in [-0.2, 0) is 16.8 Å². The van der Waals surface area contributed by atoms with E-state index >= 15 is 0 Å². The van der Waals surface area contributed by atoms with Crippen LogP contribution in [0.3, 0.4) is 0 Å². The van der Waals surface area contributed by atoms with Crippen molar-refractivity contribution in [3.63, 3.8) is 0 Å². The highest BCUT2D eigenvalue weighted by Crippen LogP contribution is 2.45. The number of rotatable bonds is 4. The van der Waals surface area contributed by atoms with Crippen LogP contribution in [0.4, 0.5) is 0 Å². The second-order valence-electron chi connectivity index (χ2n) is 5.84. The third-order valence-electron chi connectivity index (χ3n) is 4.37. The number of hydrogen-bond acceptors (Lipinski definition) is 2. The van der Waals surface area contributed by atoms with Crippen molar-refractivity contribution in [3.05, 3.63) is 55.6 Å². The van der Waals surface area contributed by atoms with E-state index in [0.717, 1.165) is 29.3 Å². The molecule has 3 rings (SSSR count). The van der Waals surface area contributed by atoms with Gasteiger partial charge in [0.1, 0.15) is 0 Å². The molecule has 1 aromatic heterocycles. The van der Waals surface area contributed by atoms with Crippen LogP contribution in [0.15, 0.2) is 40.2 Å². The molecule has 5 heteroatoms.